The van der Waals surface area contributed by atoms with E-state index in [2.05, 4.69) is 5.32 Å². The van der Waals surface area contributed by atoms with Gasteiger partial charge in [-0.05, 0) is 43.4 Å². The Bertz CT molecular complexity index is 480. The van der Waals surface area contributed by atoms with E-state index < -0.39 is 0 Å². The van der Waals surface area contributed by atoms with E-state index in [1.807, 2.05) is 12.1 Å². The molecule has 0 heterocycles. The maximum absolute atomic E-state index is 11.9. The number of amides is 1. The van der Waals surface area contributed by atoms with Crippen molar-refractivity contribution in [1.29, 1.82) is 0 Å². The number of methoxy groups -OCH3 is 1. The lowest BCUT2D eigenvalue weighted by Gasteiger charge is -2.41. The molecule has 0 aromatic heterocycles. The summed E-state index contributed by atoms with van der Waals surface area (Å²) in [6.45, 7) is 0.0209. The van der Waals surface area contributed by atoms with Crippen LogP contribution in [-0.2, 0) is 11.2 Å². The predicted octanol–water partition coefficient (Wildman–Crippen LogP) is 2.31. The van der Waals surface area contributed by atoms with Crippen LogP contribution < -0.4 is 10.1 Å². The molecule has 1 fully saturated rings. The molecule has 2 N–H and O–H groups in total. The number of aryl methyl sites for hydroxylation is 1. The Balaban J connectivity index is 1.85. The van der Waals surface area contributed by atoms with Gasteiger partial charge in [0.05, 0.1) is 24.3 Å². The lowest BCUT2D eigenvalue weighted by molar-refractivity contribution is -0.125. The average molecular weight is 298 g/mol. The summed E-state index contributed by atoms with van der Waals surface area (Å²) in [6, 6.07) is 5.53. The van der Waals surface area contributed by atoms with Crippen molar-refractivity contribution in [3.05, 3.63) is 28.8 Å². The number of benzene rings is 1. The molecule has 4 nitrogen and oxygen atoms in total. The highest BCUT2D eigenvalue weighted by Gasteiger charge is 2.37. The summed E-state index contributed by atoms with van der Waals surface area (Å²) in [5, 5.41) is 12.8. The number of carbonyl (C=O) groups is 1. The number of rotatable bonds is 6. The monoisotopic (exact) mass is 297 g/mol. The zero-order valence-electron chi connectivity index (χ0n) is 11.6. The minimum absolute atomic E-state index is 0.0209. The van der Waals surface area contributed by atoms with Gasteiger partial charge in [-0.2, -0.15) is 0 Å². The molecule has 1 amide bonds. The molecule has 0 spiro atoms. The first kappa shape index (κ1) is 15.1. The third kappa shape index (κ3) is 3.44. The molecule has 1 aromatic rings. The summed E-state index contributed by atoms with van der Waals surface area (Å²) < 4.78 is 5.09. The van der Waals surface area contributed by atoms with Crippen LogP contribution in [0.15, 0.2) is 18.2 Å². The molecule has 0 bridgehead atoms. The molecular formula is C15H20ClNO3. The number of hydrogen-bond donors (Lipinski definition) is 2. The molecule has 1 aliphatic rings. The van der Waals surface area contributed by atoms with Gasteiger partial charge in [0, 0.05) is 6.42 Å². The van der Waals surface area contributed by atoms with Gasteiger partial charge in [-0.25, -0.2) is 0 Å². The molecule has 20 heavy (non-hydrogen) atoms. The van der Waals surface area contributed by atoms with E-state index in [9.17, 15) is 9.90 Å². The first-order valence-corrected chi connectivity index (χ1v) is 7.21. The van der Waals surface area contributed by atoms with Gasteiger partial charge in [-0.1, -0.05) is 17.7 Å². The molecule has 2 rings (SSSR count). The molecule has 1 aromatic carbocycles. The smallest absolute Gasteiger partial charge is 0.220 e. The largest absolute Gasteiger partial charge is 0.495 e. The molecule has 0 radical (unpaired) electrons. The molecule has 0 aliphatic heterocycles. The number of ether oxygens (including phenoxy) is 1. The van der Waals surface area contributed by atoms with Crippen LogP contribution in [0.4, 0.5) is 0 Å². The number of halogens is 1. The second-order valence-electron chi connectivity index (χ2n) is 5.31. The van der Waals surface area contributed by atoms with Gasteiger partial charge in [0.15, 0.2) is 0 Å². The van der Waals surface area contributed by atoms with E-state index in [-0.39, 0.29) is 18.1 Å². The molecule has 1 aliphatic carbocycles. The molecule has 5 heteroatoms. The molecule has 0 atom stereocenters. The van der Waals surface area contributed by atoms with Crippen LogP contribution in [0.2, 0.25) is 5.02 Å². The van der Waals surface area contributed by atoms with Gasteiger partial charge in [0.1, 0.15) is 5.75 Å². The van der Waals surface area contributed by atoms with Crippen molar-refractivity contribution >= 4 is 17.5 Å². The first-order valence-electron chi connectivity index (χ1n) is 6.83. The van der Waals surface area contributed by atoms with Crippen molar-refractivity contribution < 1.29 is 14.6 Å². The van der Waals surface area contributed by atoms with E-state index in [1.54, 1.807) is 13.2 Å². The second-order valence-corrected chi connectivity index (χ2v) is 5.72. The van der Waals surface area contributed by atoms with Crippen LogP contribution in [0.3, 0.4) is 0 Å². The highest BCUT2D eigenvalue weighted by atomic mass is 35.5. The van der Waals surface area contributed by atoms with Gasteiger partial charge in [-0.15, -0.1) is 0 Å². The molecule has 1 saturated carbocycles. The number of aliphatic hydroxyl groups is 1. The van der Waals surface area contributed by atoms with E-state index in [0.29, 0.717) is 23.6 Å². The Hall–Kier alpha value is -1.26. The summed E-state index contributed by atoms with van der Waals surface area (Å²) >= 11 is 6.05. The standard InChI is InChI=1S/C15H20ClNO3/c1-20-13-5-3-11(9-12(13)16)4-6-14(19)17-15(10-18)7-2-8-15/h3,5,9,18H,2,4,6-8,10H2,1H3,(H,17,19). The number of carbonyl (C=O) groups excluding carboxylic acids is 1. The third-order valence-electron chi connectivity index (χ3n) is 3.87. The summed E-state index contributed by atoms with van der Waals surface area (Å²) in [5.41, 5.74) is 0.631. The van der Waals surface area contributed by atoms with E-state index in [4.69, 9.17) is 16.3 Å². The second kappa shape index (κ2) is 6.46. The fraction of sp³-hybridized carbons (Fsp3) is 0.533. The minimum atomic E-state index is -0.366. The van der Waals surface area contributed by atoms with Gasteiger partial charge in [-0.3, -0.25) is 4.79 Å². The van der Waals surface area contributed by atoms with Gasteiger partial charge >= 0.3 is 0 Å². The van der Waals surface area contributed by atoms with Crippen molar-refractivity contribution in [3.8, 4) is 5.75 Å². The summed E-state index contributed by atoms with van der Waals surface area (Å²) in [6.07, 6.45) is 3.81. The highest BCUT2D eigenvalue weighted by molar-refractivity contribution is 6.32. The SMILES string of the molecule is COc1ccc(CCC(=O)NC2(CO)CCC2)cc1Cl. The fourth-order valence-electron chi connectivity index (χ4n) is 2.41. The molecular weight excluding hydrogens is 278 g/mol. The van der Waals surface area contributed by atoms with E-state index in [0.717, 1.165) is 24.8 Å². The molecule has 0 saturated heterocycles. The van der Waals surface area contributed by atoms with E-state index in [1.165, 1.54) is 0 Å². The van der Waals surface area contributed by atoms with Gasteiger partial charge in [0.25, 0.3) is 0 Å². The molecule has 110 valence electrons. The Labute approximate surface area is 124 Å². The van der Waals surface area contributed by atoms with Gasteiger partial charge < -0.3 is 15.2 Å². The normalized spacial score (nSPS) is 16.4. The van der Waals surface area contributed by atoms with Crippen LogP contribution >= 0.6 is 11.6 Å². The summed E-state index contributed by atoms with van der Waals surface area (Å²) in [7, 11) is 1.57. The predicted molar refractivity (Wildman–Crippen MR) is 78.1 cm³/mol. The van der Waals surface area contributed by atoms with Crippen molar-refractivity contribution in [2.45, 2.75) is 37.6 Å². The Morgan fingerprint density at radius 2 is 2.25 bits per heavy atom. The third-order valence-corrected chi connectivity index (χ3v) is 4.17. The average Bonchev–Trinajstić information content (AvgIpc) is 2.41. The maximum Gasteiger partial charge on any atom is 0.220 e. The number of aliphatic hydroxyl groups excluding tert-OH is 1. The van der Waals surface area contributed by atoms with Crippen LogP contribution in [0, 0.1) is 0 Å². The number of hydrogen-bond acceptors (Lipinski definition) is 3. The van der Waals surface area contributed by atoms with Crippen molar-refractivity contribution in [2.75, 3.05) is 13.7 Å². The van der Waals surface area contributed by atoms with Crippen LogP contribution in [0.1, 0.15) is 31.2 Å². The summed E-state index contributed by atoms with van der Waals surface area (Å²) in [5.74, 6) is 0.610. The van der Waals surface area contributed by atoms with Gasteiger partial charge in [0.2, 0.25) is 5.91 Å². The minimum Gasteiger partial charge on any atom is -0.495 e. The molecule has 0 unspecified atom stereocenters. The zero-order chi connectivity index (χ0) is 14.6. The maximum atomic E-state index is 11.9. The summed E-state index contributed by atoms with van der Waals surface area (Å²) in [4.78, 5) is 11.9. The first-order chi connectivity index (χ1) is 9.58. The lowest BCUT2D eigenvalue weighted by atomic mass is 9.77. The van der Waals surface area contributed by atoms with Crippen LogP contribution in [0.5, 0.6) is 5.75 Å². The highest BCUT2D eigenvalue weighted by Crippen LogP contribution is 2.31. The van der Waals surface area contributed by atoms with Crippen LogP contribution in [0.25, 0.3) is 0 Å². The Morgan fingerprint density at radius 3 is 2.75 bits per heavy atom. The fourth-order valence-corrected chi connectivity index (χ4v) is 2.69. The van der Waals surface area contributed by atoms with E-state index >= 15 is 0 Å². The van der Waals surface area contributed by atoms with Crippen molar-refractivity contribution in [2.24, 2.45) is 0 Å². The zero-order valence-corrected chi connectivity index (χ0v) is 12.4. The lowest BCUT2D eigenvalue weighted by Crippen LogP contribution is -2.56. The Kier molecular flexibility index (Phi) is 4.89. The topological polar surface area (TPSA) is 58.6 Å². The van der Waals surface area contributed by atoms with Crippen molar-refractivity contribution in [1.82, 2.24) is 5.32 Å². The Morgan fingerprint density at radius 1 is 1.50 bits per heavy atom. The number of nitrogens with one attached hydrogen (secondary N) is 1. The van der Waals surface area contributed by atoms with Crippen LogP contribution in [-0.4, -0.2) is 30.3 Å². The van der Waals surface area contributed by atoms with Crippen molar-refractivity contribution in [3.63, 3.8) is 0 Å². The quantitative estimate of drug-likeness (QED) is 0.847.